The van der Waals surface area contributed by atoms with Crippen molar-refractivity contribution in [1.82, 2.24) is 25.0 Å². The van der Waals surface area contributed by atoms with Gasteiger partial charge in [-0.3, -0.25) is 9.48 Å². The lowest BCUT2D eigenvalue weighted by Crippen LogP contribution is -2.31. The minimum Gasteiger partial charge on any atom is -0.383 e. The van der Waals surface area contributed by atoms with E-state index >= 15 is 0 Å². The highest BCUT2D eigenvalue weighted by Crippen LogP contribution is 2.28. The first kappa shape index (κ1) is 21.3. The third kappa shape index (κ3) is 4.94. The molecule has 0 aromatic carbocycles. The van der Waals surface area contributed by atoms with Crippen LogP contribution < -0.4 is 11.1 Å². The monoisotopic (exact) mass is 414 g/mol. The normalized spacial score (nSPS) is 15.3. The average Bonchev–Trinajstić information content (AvgIpc) is 3.33. The number of nitrogen functional groups attached to an aromatic ring is 1. The van der Waals surface area contributed by atoms with Gasteiger partial charge in [0.1, 0.15) is 11.5 Å². The van der Waals surface area contributed by atoms with Crippen LogP contribution in [0.2, 0.25) is 0 Å². The van der Waals surface area contributed by atoms with Crippen molar-refractivity contribution in [1.29, 1.82) is 0 Å². The molecule has 0 atom stereocenters. The molecule has 4 heterocycles. The summed E-state index contributed by atoms with van der Waals surface area (Å²) in [6.07, 6.45) is 6.93. The first-order chi connectivity index (χ1) is 13.6. The van der Waals surface area contributed by atoms with Gasteiger partial charge in [-0.25, -0.2) is 4.98 Å². The number of piperidine rings is 1. The molecular weight excluding hydrogens is 384 g/mol. The molecule has 3 N–H and O–H groups in total. The predicted octanol–water partition coefficient (Wildman–Crippen LogP) is 3.37. The summed E-state index contributed by atoms with van der Waals surface area (Å²) >= 11 is 1.62. The third-order valence-corrected chi connectivity index (χ3v) is 6.59. The fraction of sp³-hybridized carbons (Fsp3) is 0.476. The van der Waals surface area contributed by atoms with E-state index in [9.17, 15) is 4.79 Å². The van der Waals surface area contributed by atoms with Crippen molar-refractivity contribution in [3.05, 3.63) is 41.2 Å². The second kappa shape index (κ2) is 9.37. The van der Waals surface area contributed by atoms with Crippen LogP contribution in [-0.4, -0.2) is 45.7 Å². The SMILES string of the molecule is C.CN1CCC(CCn2nccc2C(=O)NCc2cc3c(N)nccc3s2)CC1. The molecule has 0 spiro atoms. The van der Waals surface area contributed by atoms with E-state index in [2.05, 4.69) is 27.3 Å². The lowest BCUT2D eigenvalue weighted by Gasteiger charge is -2.28. The molecule has 7 nitrogen and oxygen atoms in total. The van der Waals surface area contributed by atoms with Gasteiger partial charge in [0.15, 0.2) is 0 Å². The average molecular weight is 415 g/mol. The Labute approximate surface area is 175 Å². The minimum atomic E-state index is -0.0931. The van der Waals surface area contributed by atoms with Crippen LogP contribution in [0.4, 0.5) is 5.82 Å². The van der Waals surface area contributed by atoms with Crippen LogP contribution in [-0.2, 0) is 13.1 Å². The zero-order valence-electron chi connectivity index (χ0n) is 16.1. The van der Waals surface area contributed by atoms with Gasteiger partial charge in [0.05, 0.1) is 6.54 Å². The summed E-state index contributed by atoms with van der Waals surface area (Å²) in [7, 11) is 2.17. The molecule has 1 amide bonds. The molecule has 4 rings (SSSR count). The van der Waals surface area contributed by atoms with Crippen molar-refractivity contribution >= 4 is 33.1 Å². The van der Waals surface area contributed by atoms with E-state index in [0.717, 1.165) is 41.0 Å². The maximum atomic E-state index is 12.7. The number of likely N-dealkylation sites (tertiary alicyclic amines) is 1. The molecule has 156 valence electrons. The highest BCUT2D eigenvalue weighted by atomic mass is 32.1. The maximum Gasteiger partial charge on any atom is 0.269 e. The molecule has 3 aromatic heterocycles. The number of aryl methyl sites for hydroxylation is 1. The molecular formula is C21H30N6OS. The van der Waals surface area contributed by atoms with E-state index < -0.39 is 0 Å². The Morgan fingerprint density at radius 1 is 1.31 bits per heavy atom. The van der Waals surface area contributed by atoms with Crippen LogP contribution >= 0.6 is 11.3 Å². The maximum absolute atomic E-state index is 12.7. The third-order valence-electron chi connectivity index (χ3n) is 5.49. The molecule has 0 radical (unpaired) electrons. The Morgan fingerprint density at radius 3 is 2.86 bits per heavy atom. The summed E-state index contributed by atoms with van der Waals surface area (Å²) in [6, 6.07) is 5.73. The lowest BCUT2D eigenvalue weighted by molar-refractivity contribution is 0.0939. The van der Waals surface area contributed by atoms with Crippen molar-refractivity contribution in [2.75, 3.05) is 25.9 Å². The first-order valence-electron chi connectivity index (χ1n) is 9.71. The van der Waals surface area contributed by atoms with E-state index in [4.69, 9.17) is 5.73 Å². The van der Waals surface area contributed by atoms with Crippen molar-refractivity contribution in [2.24, 2.45) is 5.92 Å². The van der Waals surface area contributed by atoms with E-state index in [1.807, 2.05) is 16.8 Å². The Bertz CT molecular complexity index is 957. The minimum absolute atomic E-state index is 0. The fourth-order valence-corrected chi connectivity index (χ4v) is 4.75. The topological polar surface area (TPSA) is 89.1 Å². The smallest absolute Gasteiger partial charge is 0.269 e. The summed E-state index contributed by atoms with van der Waals surface area (Å²) in [5, 5.41) is 8.31. The van der Waals surface area contributed by atoms with Gasteiger partial charge in [0, 0.05) is 33.9 Å². The second-order valence-electron chi connectivity index (χ2n) is 7.48. The largest absolute Gasteiger partial charge is 0.383 e. The number of rotatable bonds is 6. The Morgan fingerprint density at radius 2 is 2.10 bits per heavy atom. The number of fused-ring (bicyclic) bond motifs is 1. The van der Waals surface area contributed by atoms with E-state index in [-0.39, 0.29) is 13.3 Å². The number of hydrogen-bond donors (Lipinski definition) is 2. The van der Waals surface area contributed by atoms with Crippen molar-refractivity contribution in [2.45, 2.75) is 39.8 Å². The number of pyridine rings is 1. The number of aromatic nitrogens is 3. The molecule has 3 aromatic rings. The predicted molar refractivity (Wildman–Crippen MR) is 119 cm³/mol. The molecule has 0 aliphatic carbocycles. The van der Waals surface area contributed by atoms with Gasteiger partial charge < -0.3 is 16.0 Å². The van der Waals surface area contributed by atoms with Gasteiger partial charge in [-0.1, -0.05) is 7.43 Å². The van der Waals surface area contributed by atoms with Crippen LogP contribution in [0.1, 0.15) is 42.1 Å². The number of thiophene rings is 1. The standard InChI is InChI=1S/C20H26N6OS.CH4/c1-25-9-4-14(5-10-25)6-11-26-17(2-8-24-26)20(27)23-13-15-12-16-18(28-15)3-7-22-19(16)21;/h2-3,7-8,12,14H,4-6,9-11,13H2,1H3,(H2,21,22)(H,23,27);1H4. The Kier molecular flexibility index (Phi) is 6.87. The highest BCUT2D eigenvalue weighted by Gasteiger charge is 2.18. The van der Waals surface area contributed by atoms with Crippen LogP contribution in [0.5, 0.6) is 0 Å². The first-order valence-corrected chi connectivity index (χ1v) is 10.5. The molecule has 0 saturated carbocycles. The molecule has 1 aliphatic rings. The molecule has 1 saturated heterocycles. The summed E-state index contributed by atoms with van der Waals surface area (Å²) in [6.45, 7) is 3.58. The molecule has 1 fully saturated rings. The van der Waals surface area contributed by atoms with Gasteiger partial charge in [-0.15, -0.1) is 11.3 Å². The van der Waals surface area contributed by atoms with E-state index in [1.165, 1.54) is 12.8 Å². The van der Waals surface area contributed by atoms with Crippen LogP contribution in [0.15, 0.2) is 30.6 Å². The lowest BCUT2D eigenvalue weighted by atomic mass is 9.94. The summed E-state index contributed by atoms with van der Waals surface area (Å²) in [5.74, 6) is 1.15. The second-order valence-corrected chi connectivity index (χ2v) is 8.65. The van der Waals surface area contributed by atoms with Crippen LogP contribution in [0.25, 0.3) is 10.1 Å². The van der Waals surface area contributed by atoms with Crippen molar-refractivity contribution in [3.8, 4) is 0 Å². The zero-order valence-corrected chi connectivity index (χ0v) is 16.9. The number of hydrogen-bond acceptors (Lipinski definition) is 6. The Balaban J connectivity index is 0.00000240. The molecule has 8 heteroatoms. The summed E-state index contributed by atoms with van der Waals surface area (Å²) in [5.41, 5.74) is 6.54. The molecule has 0 unspecified atom stereocenters. The van der Waals surface area contributed by atoms with Crippen molar-refractivity contribution < 1.29 is 4.79 Å². The Hall–Kier alpha value is -2.45. The highest BCUT2D eigenvalue weighted by molar-refractivity contribution is 7.19. The quantitative estimate of drug-likeness (QED) is 0.645. The number of anilines is 1. The number of nitrogens with two attached hydrogens (primary N) is 1. The number of carbonyl (C=O) groups is 1. The van der Waals surface area contributed by atoms with Gasteiger partial charge >= 0.3 is 0 Å². The van der Waals surface area contributed by atoms with Crippen LogP contribution in [0.3, 0.4) is 0 Å². The summed E-state index contributed by atoms with van der Waals surface area (Å²) < 4.78 is 2.92. The number of nitrogens with one attached hydrogen (secondary N) is 1. The number of amides is 1. The fourth-order valence-electron chi connectivity index (χ4n) is 3.74. The zero-order chi connectivity index (χ0) is 19.5. The van der Waals surface area contributed by atoms with Gasteiger partial charge in [0.2, 0.25) is 0 Å². The van der Waals surface area contributed by atoms with Crippen LogP contribution in [0, 0.1) is 5.92 Å². The van der Waals surface area contributed by atoms with E-state index in [0.29, 0.717) is 24.0 Å². The number of nitrogens with zero attached hydrogens (tertiary/aromatic N) is 4. The number of carbonyl (C=O) groups excluding carboxylic acids is 1. The summed E-state index contributed by atoms with van der Waals surface area (Å²) in [4.78, 5) is 20.2. The van der Waals surface area contributed by atoms with Crippen molar-refractivity contribution in [3.63, 3.8) is 0 Å². The van der Waals surface area contributed by atoms with Gasteiger partial charge in [0.25, 0.3) is 5.91 Å². The van der Waals surface area contributed by atoms with Gasteiger partial charge in [-0.2, -0.15) is 5.10 Å². The van der Waals surface area contributed by atoms with Gasteiger partial charge in [-0.05, 0) is 63.5 Å². The molecule has 1 aliphatic heterocycles. The molecule has 29 heavy (non-hydrogen) atoms. The van der Waals surface area contributed by atoms with E-state index in [1.54, 1.807) is 29.8 Å². The molecule has 0 bridgehead atoms.